The van der Waals surface area contributed by atoms with E-state index in [9.17, 15) is 14.9 Å². The number of anilines is 1. The number of hydrogen-bond acceptors (Lipinski definition) is 3. The number of hydrogen-bond donors (Lipinski definition) is 1. The number of nitro groups is 1. The predicted molar refractivity (Wildman–Crippen MR) is 83.8 cm³/mol. The summed E-state index contributed by atoms with van der Waals surface area (Å²) in [5.41, 5.74) is 1.31. The summed E-state index contributed by atoms with van der Waals surface area (Å²) in [5, 5.41) is 13.7. The standard InChI is InChI=1S/C16H19N3O3/c1-11-6-7-14(19(21)22)8-15(11)17-16(20)18-9-12-4-2-3-5-13(12)10-18/h2-3,6-8,12-13H,4-5,9-10H2,1H3,(H,17,20). The average molecular weight is 301 g/mol. The van der Waals surface area contributed by atoms with E-state index in [1.807, 2.05) is 11.8 Å². The van der Waals surface area contributed by atoms with Gasteiger partial charge in [0.1, 0.15) is 0 Å². The fourth-order valence-electron chi connectivity index (χ4n) is 3.23. The molecule has 6 heteroatoms. The molecule has 1 aromatic carbocycles. The van der Waals surface area contributed by atoms with Gasteiger partial charge in [0.15, 0.2) is 0 Å². The summed E-state index contributed by atoms with van der Waals surface area (Å²) >= 11 is 0. The van der Waals surface area contributed by atoms with Crippen molar-refractivity contribution < 1.29 is 9.72 Å². The summed E-state index contributed by atoms with van der Waals surface area (Å²) in [7, 11) is 0. The monoisotopic (exact) mass is 301 g/mol. The van der Waals surface area contributed by atoms with Crippen LogP contribution < -0.4 is 5.32 Å². The van der Waals surface area contributed by atoms with Crippen molar-refractivity contribution in [1.82, 2.24) is 4.90 Å². The van der Waals surface area contributed by atoms with E-state index in [0.29, 0.717) is 17.5 Å². The van der Waals surface area contributed by atoms with Crippen LogP contribution in [0.5, 0.6) is 0 Å². The zero-order chi connectivity index (χ0) is 15.7. The van der Waals surface area contributed by atoms with Gasteiger partial charge in [0.05, 0.1) is 10.6 Å². The molecule has 0 spiro atoms. The molecule has 22 heavy (non-hydrogen) atoms. The third-order valence-electron chi connectivity index (χ3n) is 4.58. The third kappa shape index (κ3) is 2.81. The van der Waals surface area contributed by atoms with E-state index in [-0.39, 0.29) is 11.7 Å². The fraction of sp³-hybridized carbons (Fsp3) is 0.438. The first-order chi connectivity index (χ1) is 10.5. The minimum atomic E-state index is -0.453. The lowest BCUT2D eigenvalue weighted by Gasteiger charge is -2.18. The van der Waals surface area contributed by atoms with E-state index in [1.165, 1.54) is 12.1 Å². The molecule has 1 aliphatic heterocycles. The number of allylic oxidation sites excluding steroid dienone is 2. The highest BCUT2D eigenvalue weighted by molar-refractivity contribution is 5.90. The van der Waals surface area contributed by atoms with Crippen LogP contribution in [0.4, 0.5) is 16.2 Å². The third-order valence-corrected chi connectivity index (χ3v) is 4.58. The Morgan fingerprint density at radius 2 is 1.91 bits per heavy atom. The molecule has 0 bridgehead atoms. The van der Waals surface area contributed by atoms with Crippen molar-refractivity contribution >= 4 is 17.4 Å². The van der Waals surface area contributed by atoms with E-state index in [2.05, 4.69) is 17.5 Å². The van der Waals surface area contributed by atoms with Crippen molar-refractivity contribution in [2.75, 3.05) is 18.4 Å². The molecule has 2 amide bonds. The molecule has 0 saturated carbocycles. The van der Waals surface area contributed by atoms with Gasteiger partial charge in [-0.3, -0.25) is 10.1 Å². The zero-order valence-corrected chi connectivity index (χ0v) is 12.5. The number of carbonyl (C=O) groups excluding carboxylic acids is 1. The normalized spacial score (nSPS) is 23.2. The van der Waals surface area contributed by atoms with Gasteiger partial charge < -0.3 is 10.2 Å². The van der Waals surface area contributed by atoms with Gasteiger partial charge in [-0.05, 0) is 37.2 Å². The number of rotatable bonds is 2. The minimum Gasteiger partial charge on any atom is -0.324 e. The lowest BCUT2D eigenvalue weighted by molar-refractivity contribution is -0.384. The molecule has 0 radical (unpaired) electrons. The Balaban J connectivity index is 1.70. The Morgan fingerprint density at radius 1 is 1.27 bits per heavy atom. The lowest BCUT2D eigenvalue weighted by atomic mass is 9.86. The Kier molecular flexibility index (Phi) is 3.83. The Bertz CT molecular complexity index is 626. The van der Waals surface area contributed by atoms with Gasteiger partial charge in [0, 0.05) is 25.2 Å². The first-order valence-corrected chi connectivity index (χ1v) is 7.50. The number of benzene rings is 1. The maximum absolute atomic E-state index is 12.4. The molecular formula is C16H19N3O3. The Morgan fingerprint density at radius 3 is 2.50 bits per heavy atom. The van der Waals surface area contributed by atoms with Crippen LogP contribution in [0.3, 0.4) is 0 Å². The van der Waals surface area contributed by atoms with Crippen LogP contribution in [0.2, 0.25) is 0 Å². The molecule has 1 heterocycles. The first kappa shape index (κ1) is 14.6. The molecule has 0 aromatic heterocycles. The Hall–Kier alpha value is -2.37. The fourth-order valence-corrected chi connectivity index (χ4v) is 3.23. The van der Waals surface area contributed by atoms with Crippen LogP contribution in [0.15, 0.2) is 30.4 Å². The largest absolute Gasteiger partial charge is 0.324 e. The van der Waals surface area contributed by atoms with Gasteiger partial charge in [0.2, 0.25) is 0 Å². The van der Waals surface area contributed by atoms with Crippen LogP contribution in [0.25, 0.3) is 0 Å². The number of non-ortho nitro benzene ring substituents is 1. The summed E-state index contributed by atoms with van der Waals surface area (Å²) in [4.78, 5) is 24.6. The van der Waals surface area contributed by atoms with E-state index < -0.39 is 4.92 Å². The van der Waals surface area contributed by atoms with Crippen LogP contribution in [0.1, 0.15) is 18.4 Å². The highest BCUT2D eigenvalue weighted by Crippen LogP contribution is 2.33. The average Bonchev–Trinajstić information content (AvgIpc) is 2.93. The number of amides is 2. The first-order valence-electron chi connectivity index (χ1n) is 7.50. The van der Waals surface area contributed by atoms with Gasteiger partial charge in [-0.1, -0.05) is 18.2 Å². The molecule has 116 valence electrons. The molecule has 6 nitrogen and oxygen atoms in total. The van der Waals surface area contributed by atoms with Crippen LogP contribution in [0, 0.1) is 28.9 Å². The van der Waals surface area contributed by atoms with E-state index in [0.717, 1.165) is 31.5 Å². The van der Waals surface area contributed by atoms with Crippen molar-refractivity contribution in [2.45, 2.75) is 19.8 Å². The molecule has 1 fully saturated rings. The van der Waals surface area contributed by atoms with Crippen LogP contribution in [-0.2, 0) is 0 Å². The molecule has 1 aliphatic carbocycles. The lowest BCUT2D eigenvalue weighted by Crippen LogP contribution is -2.33. The second kappa shape index (κ2) is 5.79. The molecule has 1 N–H and O–H groups in total. The zero-order valence-electron chi connectivity index (χ0n) is 12.5. The number of nitrogens with zero attached hydrogens (tertiary/aromatic N) is 2. The number of carbonyl (C=O) groups is 1. The van der Waals surface area contributed by atoms with Gasteiger partial charge in [-0.2, -0.15) is 0 Å². The summed E-state index contributed by atoms with van der Waals surface area (Å²) in [6, 6.07) is 4.35. The summed E-state index contributed by atoms with van der Waals surface area (Å²) in [6.45, 7) is 3.34. The number of nitro benzene ring substituents is 1. The Labute approximate surface area is 129 Å². The maximum Gasteiger partial charge on any atom is 0.321 e. The predicted octanol–water partition coefficient (Wildman–Crippen LogP) is 3.33. The van der Waals surface area contributed by atoms with Crippen molar-refractivity contribution in [2.24, 2.45) is 11.8 Å². The smallest absolute Gasteiger partial charge is 0.321 e. The van der Waals surface area contributed by atoms with E-state index in [4.69, 9.17) is 0 Å². The SMILES string of the molecule is Cc1ccc([N+](=O)[O-])cc1NC(=O)N1CC2CC=CCC2C1. The number of urea groups is 1. The van der Waals surface area contributed by atoms with E-state index in [1.54, 1.807) is 6.07 Å². The molecule has 1 aromatic rings. The topological polar surface area (TPSA) is 75.5 Å². The summed E-state index contributed by atoms with van der Waals surface area (Å²) in [6.07, 6.45) is 6.44. The molecular weight excluding hydrogens is 282 g/mol. The minimum absolute atomic E-state index is 0.0137. The number of aryl methyl sites for hydroxylation is 1. The molecule has 2 atom stereocenters. The molecule has 2 aliphatic rings. The summed E-state index contributed by atoms with van der Waals surface area (Å²) < 4.78 is 0. The van der Waals surface area contributed by atoms with Gasteiger partial charge in [-0.25, -0.2) is 4.79 Å². The maximum atomic E-state index is 12.4. The number of fused-ring (bicyclic) bond motifs is 1. The summed E-state index contributed by atoms with van der Waals surface area (Å²) in [5.74, 6) is 1.09. The van der Waals surface area contributed by atoms with Crippen molar-refractivity contribution in [3.63, 3.8) is 0 Å². The van der Waals surface area contributed by atoms with Gasteiger partial charge >= 0.3 is 6.03 Å². The quantitative estimate of drug-likeness (QED) is 0.517. The highest BCUT2D eigenvalue weighted by Gasteiger charge is 2.35. The van der Waals surface area contributed by atoms with Gasteiger partial charge in [-0.15, -0.1) is 0 Å². The van der Waals surface area contributed by atoms with E-state index >= 15 is 0 Å². The molecule has 3 rings (SSSR count). The molecule has 1 saturated heterocycles. The second-order valence-corrected chi connectivity index (χ2v) is 6.05. The second-order valence-electron chi connectivity index (χ2n) is 6.05. The van der Waals surface area contributed by atoms with Gasteiger partial charge in [0.25, 0.3) is 5.69 Å². The number of likely N-dealkylation sites (tertiary alicyclic amines) is 1. The van der Waals surface area contributed by atoms with Crippen molar-refractivity contribution in [1.29, 1.82) is 0 Å². The van der Waals surface area contributed by atoms with Crippen LogP contribution >= 0.6 is 0 Å². The van der Waals surface area contributed by atoms with Crippen molar-refractivity contribution in [3.05, 3.63) is 46.0 Å². The van der Waals surface area contributed by atoms with Crippen molar-refractivity contribution in [3.8, 4) is 0 Å². The number of nitrogens with one attached hydrogen (secondary N) is 1. The molecule has 2 unspecified atom stereocenters. The highest BCUT2D eigenvalue weighted by atomic mass is 16.6. The van der Waals surface area contributed by atoms with Crippen LogP contribution in [-0.4, -0.2) is 28.9 Å².